The van der Waals surface area contributed by atoms with Gasteiger partial charge < -0.3 is 25.2 Å². The molecule has 0 fully saturated rings. The molecule has 0 saturated heterocycles. The maximum absolute atomic E-state index is 9.09. The molecule has 2 heterocycles. The second-order valence-electron chi connectivity index (χ2n) is 3.87. The standard InChI is InChI=1S/C11H17N5O2/c1-2-12-9-5-16-4-3-13-11(16)10(15-9)14-8(6-17)7-18/h3-5,8,12,17-18H,2,6-7H2,1H3,(H,14,15). The number of anilines is 2. The van der Waals surface area contributed by atoms with Gasteiger partial charge in [0, 0.05) is 18.9 Å². The Kier molecular flexibility index (Phi) is 3.96. The summed E-state index contributed by atoms with van der Waals surface area (Å²) in [7, 11) is 0. The summed E-state index contributed by atoms with van der Waals surface area (Å²) in [5.41, 5.74) is 0.656. The molecule has 98 valence electrons. The van der Waals surface area contributed by atoms with E-state index in [1.54, 1.807) is 6.20 Å². The lowest BCUT2D eigenvalue weighted by Crippen LogP contribution is -2.28. The van der Waals surface area contributed by atoms with E-state index in [2.05, 4.69) is 20.6 Å². The fourth-order valence-electron chi connectivity index (χ4n) is 1.64. The van der Waals surface area contributed by atoms with Gasteiger partial charge in [-0.3, -0.25) is 0 Å². The molecule has 7 nitrogen and oxygen atoms in total. The number of nitrogens with zero attached hydrogens (tertiary/aromatic N) is 3. The molecule has 0 atom stereocenters. The van der Waals surface area contributed by atoms with Gasteiger partial charge in [0.25, 0.3) is 0 Å². The minimum Gasteiger partial charge on any atom is -0.394 e. The average Bonchev–Trinajstić information content (AvgIpc) is 2.84. The van der Waals surface area contributed by atoms with E-state index in [0.717, 1.165) is 6.54 Å². The first kappa shape index (κ1) is 12.6. The summed E-state index contributed by atoms with van der Waals surface area (Å²) in [5, 5.41) is 24.3. The number of rotatable bonds is 6. The molecule has 0 saturated carbocycles. The summed E-state index contributed by atoms with van der Waals surface area (Å²) in [6, 6.07) is -0.449. The van der Waals surface area contributed by atoms with Crippen molar-refractivity contribution < 1.29 is 10.2 Å². The zero-order valence-corrected chi connectivity index (χ0v) is 10.2. The van der Waals surface area contributed by atoms with Gasteiger partial charge in [0.05, 0.1) is 25.5 Å². The zero-order valence-electron chi connectivity index (χ0n) is 10.2. The predicted octanol–water partition coefficient (Wildman–Crippen LogP) is -0.0738. The average molecular weight is 251 g/mol. The first-order valence-corrected chi connectivity index (χ1v) is 5.84. The number of hydrogen-bond donors (Lipinski definition) is 4. The van der Waals surface area contributed by atoms with E-state index in [9.17, 15) is 0 Å². The lowest BCUT2D eigenvalue weighted by molar-refractivity contribution is 0.203. The third-order valence-electron chi connectivity index (χ3n) is 2.51. The van der Waals surface area contributed by atoms with Crippen LogP contribution in [0.1, 0.15) is 6.92 Å². The lowest BCUT2D eigenvalue weighted by Gasteiger charge is -2.15. The molecule has 0 aromatic carbocycles. The second-order valence-corrected chi connectivity index (χ2v) is 3.87. The van der Waals surface area contributed by atoms with E-state index >= 15 is 0 Å². The summed E-state index contributed by atoms with van der Waals surface area (Å²) < 4.78 is 1.83. The SMILES string of the molecule is CCNc1cn2ccnc2c(NC(CO)CO)n1. The van der Waals surface area contributed by atoms with E-state index in [-0.39, 0.29) is 13.2 Å². The van der Waals surface area contributed by atoms with Crippen LogP contribution in [0.5, 0.6) is 0 Å². The molecule has 2 aromatic heterocycles. The highest BCUT2D eigenvalue weighted by Gasteiger charge is 2.11. The molecule has 7 heteroatoms. The lowest BCUT2D eigenvalue weighted by atomic mass is 10.3. The van der Waals surface area contributed by atoms with Crippen molar-refractivity contribution in [3.63, 3.8) is 0 Å². The highest BCUT2D eigenvalue weighted by atomic mass is 16.3. The second kappa shape index (κ2) is 5.65. The van der Waals surface area contributed by atoms with Gasteiger partial charge in [-0.05, 0) is 6.92 Å². The minimum atomic E-state index is -0.449. The Labute approximate surface area is 105 Å². The van der Waals surface area contributed by atoms with Crippen LogP contribution in [0.25, 0.3) is 5.65 Å². The summed E-state index contributed by atoms with van der Waals surface area (Å²) in [5.74, 6) is 1.24. The molecule has 0 spiro atoms. The molecule has 0 bridgehead atoms. The number of nitrogens with one attached hydrogen (secondary N) is 2. The van der Waals surface area contributed by atoms with Crippen molar-refractivity contribution in [3.05, 3.63) is 18.6 Å². The van der Waals surface area contributed by atoms with Crippen LogP contribution in [-0.4, -0.2) is 50.4 Å². The Bertz CT molecular complexity index is 509. The Morgan fingerprint density at radius 3 is 2.83 bits per heavy atom. The summed E-state index contributed by atoms with van der Waals surface area (Å²) in [6.07, 6.45) is 5.32. The predicted molar refractivity (Wildman–Crippen MR) is 68.7 cm³/mol. The van der Waals surface area contributed by atoms with Crippen molar-refractivity contribution in [1.29, 1.82) is 0 Å². The van der Waals surface area contributed by atoms with Crippen LogP contribution in [0.2, 0.25) is 0 Å². The van der Waals surface area contributed by atoms with E-state index in [1.807, 2.05) is 23.7 Å². The van der Waals surface area contributed by atoms with Crippen molar-refractivity contribution in [2.24, 2.45) is 0 Å². The van der Waals surface area contributed by atoms with Crippen molar-refractivity contribution in [2.45, 2.75) is 13.0 Å². The maximum atomic E-state index is 9.09. The van der Waals surface area contributed by atoms with Gasteiger partial charge in [-0.25, -0.2) is 9.97 Å². The molecule has 4 N–H and O–H groups in total. The molecule has 0 radical (unpaired) electrons. The number of aliphatic hydroxyl groups excluding tert-OH is 2. The topological polar surface area (TPSA) is 94.7 Å². The van der Waals surface area contributed by atoms with Crippen LogP contribution in [0.3, 0.4) is 0 Å². The van der Waals surface area contributed by atoms with Crippen LogP contribution < -0.4 is 10.6 Å². The minimum absolute atomic E-state index is 0.170. The van der Waals surface area contributed by atoms with Crippen molar-refractivity contribution in [3.8, 4) is 0 Å². The van der Waals surface area contributed by atoms with Crippen LogP contribution in [0.4, 0.5) is 11.6 Å². The number of fused-ring (bicyclic) bond motifs is 1. The van der Waals surface area contributed by atoms with Gasteiger partial charge in [-0.15, -0.1) is 0 Å². The van der Waals surface area contributed by atoms with Crippen LogP contribution in [0, 0.1) is 0 Å². The highest BCUT2D eigenvalue weighted by Crippen LogP contribution is 2.17. The Balaban J connectivity index is 2.36. The summed E-state index contributed by atoms with van der Waals surface area (Å²) in [4.78, 5) is 8.56. The fourth-order valence-corrected chi connectivity index (χ4v) is 1.64. The summed E-state index contributed by atoms with van der Waals surface area (Å²) in [6.45, 7) is 2.40. The molecule has 2 rings (SSSR count). The smallest absolute Gasteiger partial charge is 0.180 e. The molecule has 0 unspecified atom stereocenters. The molecular weight excluding hydrogens is 234 g/mol. The zero-order chi connectivity index (χ0) is 13.0. The monoisotopic (exact) mass is 251 g/mol. The molecule has 0 aliphatic rings. The van der Waals surface area contributed by atoms with Gasteiger partial charge in [-0.1, -0.05) is 0 Å². The number of hydrogen-bond acceptors (Lipinski definition) is 6. The molecule has 2 aromatic rings. The summed E-state index contributed by atoms with van der Waals surface area (Å²) >= 11 is 0. The Hall–Kier alpha value is -1.86. The normalized spacial score (nSPS) is 11.1. The largest absolute Gasteiger partial charge is 0.394 e. The third-order valence-corrected chi connectivity index (χ3v) is 2.51. The molecule has 0 amide bonds. The Morgan fingerprint density at radius 2 is 2.17 bits per heavy atom. The number of aliphatic hydroxyl groups is 2. The molecule has 0 aliphatic carbocycles. The van der Waals surface area contributed by atoms with Crippen LogP contribution in [0.15, 0.2) is 18.6 Å². The quantitative estimate of drug-likeness (QED) is 0.574. The number of imidazole rings is 1. The van der Waals surface area contributed by atoms with E-state index in [4.69, 9.17) is 10.2 Å². The van der Waals surface area contributed by atoms with Gasteiger partial charge >= 0.3 is 0 Å². The molecule has 18 heavy (non-hydrogen) atoms. The van der Waals surface area contributed by atoms with Crippen molar-refractivity contribution in [1.82, 2.24) is 14.4 Å². The number of aromatic nitrogens is 3. The van der Waals surface area contributed by atoms with Crippen molar-refractivity contribution >= 4 is 17.3 Å². The van der Waals surface area contributed by atoms with Crippen molar-refractivity contribution in [2.75, 3.05) is 30.4 Å². The highest BCUT2D eigenvalue weighted by molar-refractivity contribution is 5.65. The fraction of sp³-hybridized carbons (Fsp3) is 0.455. The van der Waals surface area contributed by atoms with Gasteiger partial charge in [0.2, 0.25) is 0 Å². The first-order chi connectivity index (χ1) is 8.78. The van der Waals surface area contributed by atoms with Gasteiger partial charge in [0.15, 0.2) is 11.5 Å². The third kappa shape index (κ3) is 2.52. The molecular formula is C11H17N5O2. The Morgan fingerprint density at radius 1 is 1.39 bits per heavy atom. The van der Waals surface area contributed by atoms with Crippen LogP contribution in [-0.2, 0) is 0 Å². The van der Waals surface area contributed by atoms with E-state index < -0.39 is 6.04 Å². The maximum Gasteiger partial charge on any atom is 0.180 e. The van der Waals surface area contributed by atoms with E-state index in [0.29, 0.717) is 17.3 Å². The van der Waals surface area contributed by atoms with Gasteiger partial charge in [-0.2, -0.15) is 0 Å². The van der Waals surface area contributed by atoms with E-state index in [1.165, 1.54) is 0 Å². The van der Waals surface area contributed by atoms with Gasteiger partial charge in [0.1, 0.15) is 5.82 Å². The molecule has 0 aliphatic heterocycles. The van der Waals surface area contributed by atoms with Crippen LogP contribution >= 0.6 is 0 Å². The first-order valence-electron chi connectivity index (χ1n) is 5.84.